The topological polar surface area (TPSA) is 41.1 Å². The van der Waals surface area contributed by atoms with Crippen LogP contribution in [0.1, 0.15) is 31.2 Å². The van der Waals surface area contributed by atoms with E-state index < -0.39 is 0 Å². The van der Waals surface area contributed by atoms with Gasteiger partial charge in [0.05, 0.1) is 0 Å². The first-order valence-corrected chi connectivity index (χ1v) is 8.09. The Bertz CT molecular complexity index is 612. The fourth-order valence-corrected chi connectivity index (χ4v) is 2.99. The van der Waals surface area contributed by atoms with Gasteiger partial charge in [0.1, 0.15) is 17.5 Å². The summed E-state index contributed by atoms with van der Waals surface area (Å²) in [5, 5.41) is 3.41. The van der Waals surface area contributed by atoms with Gasteiger partial charge in [0, 0.05) is 25.7 Å². The number of anilines is 2. The molecule has 0 radical (unpaired) electrons. The van der Waals surface area contributed by atoms with Crippen LogP contribution < -0.4 is 10.2 Å². The molecule has 2 heterocycles. The zero-order chi connectivity index (χ0) is 15.4. The Kier molecular flexibility index (Phi) is 4.56. The normalized spacial score (nSPS) is 18.3. The molecule has 1 aromatic heterocycles. The lowest BCUT2D eigenvalue weighted by Crippen LogP contribution is -2.35. The van der Waals surface area contributed by atoms with Gasteiger partial charge in [-0.15, -0.1) is 0 Å². The van der Waals surface area contributed by atoms with Gasteiger partial charge in [-0.3, -0.25) is 0 Å². The molecule has 1 aliphatic rings. The molecule has 1 unspecified atom stereocenters. The molecule has 4 nitrogen and oxygen atoms in total. The van der Waals surface area contributed by atoms with Crippen LogP contribution in [0.25, 0.3) is 0 Å². The Balaban J connectivity index is 1.72. The minimum atomic E-state index is 0.741. The number of aromatic nitrogens is 2. The summed E-state index contributed by atoms with van der Waals surface area (Å²) in [5.74, 6) is 3.52. The van der Waals surface area contributed by atoms with Crippen LogP contribution >= 0.6 is 0 Å². The minimum absolute atomic E-state index is 0.741. The molecule has 0 amide bonds. The van der Waals surface area contributed by atoms with Gasteiger partial charge in [-0.1, -0.05) is 37.3 Å². The lowest BCUT2D eigenvalue weighted by atomic mass is 10.0. The quantitative estimate of drug-likeness (QED) is 0.935. The van der Waals surface area contributed by atoms with Crippen LogP contribution in [0.5, 0.6) is 0 Å². The van der Waals surface area contributed by atoms with Crippen LogP contribution in [0.15, 0.2) is 36.4 Å². The Morgan fingerprint density at radius 2 is 2.05 bits per heavy atom. The van der Waals surface area contributed by atoms with Gasteiger partial charge in [0.15, 0.2) is 0 Å². The summed E-state index contributed by atoms with van der Waals surface area (Å²) < 4.78 is 0. The summed E-state index contributed by atoms with van der Waals surface area (Å²) in [6.07, 6.45) is 2.57. The van der Waals surface area contributed by atoms with Crippen LogP contribution in [0.3, 0.4) is 0 Å². The average molecular weight is 296 g/mol. The van der Waals surface area contributed by atoms with Crippen LogP contribution in [0.2, 0.25) is 0 Å². The zero-order valence-corrected chi connectivity index (χ0v) is 13.4. The molecule has 1 N–H and O–H groups in total. The summed E-state index contributed by atoms with van der Waals surface area (Å²) in [6.45, 7) is 7.25. The predicted octanol–water partition coefficient (Wildman–Crippen LogP) is 3.63. The highest BCUT2D eigenvalue weighted by molar-refractivity contribution is 5.50. The van der Waals surface area contributed by atoms with Crippen LogP contribution in [0, 0.1) is 12.8 Å². The molecule has 22 heavy (non-hydrogen) atoms. The number of nitrogens with one attached hydrogen (secondary N) is 1. The maximum atomic E-state index is 4.62. The molecular formula is C18H24N4. The van der Waals surface area contributed by atoms with Gasteiger partial charge in [0.2, 0.25) is 0 Å². The van der Waals surface area contributed by atoms with E-state index in [2.05, 4.69) is 57.4 Å². The predicted molar refractivity (Wildman–Crippen MR) is 91.1 cm³/mol. The number of aryl methyl sites for hydroxylation is 1. The lowest BCUT2D eigenvalue weighted by Gasteiger charge is -2.32. The van der Waals surface area contributed by atoms with Gasteiger partial charge in [-0.25, -0.2) is 9.97 Å². The smallest absolute Gasteiger partial charge is 0.134 e. The number of rotatable bonds is 4. The van der Waals surface area contributed by atoms with Crippen molar-refractivity contribution in [1.82, 2.24) is 9.97 Å². The van der Waals surface area contributed by atoms with Crippen molar-refractivity contribution >= 4 is 11.6 Å². The summed E-state index contributed by atoms with van der Waals surface area (Å²) in [5.41, 5.74) is 1.26. The van der Waals surface area contributed by atoms with Gasteiger partial charge in [-0.2, -0.15) is 0 Å². The molecule has 4 heteroatoms. The van der Waals surface area contributed by atoms with Crippen molar-refractivity contribution in [3.05, 3.63) is 47.8 Å². The second kappa shape index (κ2) is 6.77. The number of hydrogen-bond acceptors (Lipinski definition) is 4. The van der Waals surface area contributed by atoms with E-state index in [0.717, 1.165) is 43.0 Å². The molecule has 2 aromatic rings. The maximum absolute atomic E-state index is 4.62. The van der Waals surface area contributed by atoms with Crippen LogP contribution in [0.4, 0.5) is 11.6 Å². The lowest BCUT2D eigenvalue weighted by molar-refractivity contribution is 0.444. The second-order valence-electron chi connectivity index (χ2n) is 6.19. The number of nitrogens with zero attached hydrogens (tertiary/aromatic N) is 3. The Morgan fingerprint density at radius 3 is 2.82 bits per heavy atom. The van der Waals surface area contributed by atoms with Gasteiger partial charge in [-0.05, 0) is 31.2 Å². The summed E-state index contributed by atoms with van der Waals surface area (Å²) in [6, 6.07) is 12.5. The third-order valence-corrected chi connectivity index (χ3v) is 4.12. The second-order valence-corrected chi connectivity index (χ2v) is 6.19. The Labute approximate surface area is 132 Å². The highest BCUT2D eigenvalue weighted by atomic mass is 15.2. The first kappa shape index (κ1) is 14.8. The van der Waals surface area contributed by atoms with Crippen molar-refractivity contribution in [3.63, 3.8) is 0 Å². The molecule has 0 saturated carbocycles. The van der Waals surface area contributed by atoms with E-state index >= 15 is 0 Å². The third kappa shape index (κ3) is 3.75. The fourth-order valence-electron chi connectivity index (χ4n) is 2.99. The summed E-state index contributed by atoms with van der Waals surface area (Å²) >= 11 is 0. The van der Waals surface area contributed by atoms with Crippen LogP contribution in [-0.2, 0) is 6.54 Å². The van der Waals surface area contributed by atoms with Crippen molar-refractivity contribution < 1.29 is 0 Å². The van der Waals surface area contributed by atoms with Gasteiger partial charge in [0.25, 0.3) is 0 Å². The molecule has 116 valence electrons. The van der Waals surface area contributed by atoms with E-state index in [1.54, 1.807) is 0 Å². The average Bonchev–Trinajstić information content (AvgIpc) is 2.53. The van der Waals surface area contributed by atoms with Crippen molar-refractivity contribution in [3.8, 4) is 0 Å². The van der Waals surface area contributed by atoms with E-state index in [9.17, 15) is 0 Å². The monoisotopic (exact) mass is 296 g/mol. The molecule has 1 aromatic carbocycles. The van der Waals surface area contributed by atoms with E-state index in [-0.39, 0.29) is 0 Å². The maximum Gasteiger partial charge on any atom is 0.134 e. The van der Waals surface area contributed by atoms with Gasteiger partial charge >= 0.3 is 0 Å². The summed E-state index contributed by atoms with van der Waals surface area (Å²) in [7, 11) is 0. The molecule has 3 rings (SSSR count). The Morgan fingerprint density at radius 1 is 1.23 bits per heavy atom. The van der Waals surface area contributed by atoms with E-state index in [1.807, 2.05) is 13.0 Å². The van der Waals surface area contributed by atoms with E-state index in [4.69, 9.17) is 0 Å². The number of hydrogen-bond donors (Lipinski definition) is 1. The standard InChI is InChI=1S/C18H24N4/c1-14-7-6-10-22(13-14)18-11-17(20-15(2)21-18)19-12-16-8-4-3-5-9-16/h3-5,8-9,11,14H,6-7,10,12-13H2,1-2H3,(H,19,20,21). The largest absolute Gasteiger partial charge is 0.366 e. The zero-order valence-electron chi connectivity index (χ0n) is 13.4. The van der Waals surface area contributed by atoms with Crippen molar-refractivity contribution in [2.75, 3.05) is 23.3 Å². The van der Waals surface area contributed by atoms with Crippen LogP contribution in [-0.4, -0.2) is 23.1 Å². The molecule has 1 atom stereocenters. The van der Waals surface area contributed by atoms with Crippen molar-refractivity contribution in [2.45, 2.75) is 33.2 Å². The highest BCUT2D eigenvalue weighted by Crippen LogP contribution is 2.23. The first-order valence-electron chi connectivity index (χ1n) is 8.09. The summed E-state index contributed by atoms with van der Waals surface area (Å²) in [4.78, 5) is 11.5. The van der Waals surface area contributed by atoms with E-state index in [1.165, 1.54) is 18.4 Å². The SMILES string of the molecule is Cc1nc(NCc2ccccc2)cc(N2CCCC(C)C2)n1. The molecular weight excluding hydrogens is 272 g/mol. The number of piperidine rings is 1. The third-order valence-electron chi connectivity index (χ3n) is 4.12. The molecule has 1 aliphatic heterocycles. The molecule has 0 aliphatic carbocycles. The minimum Gasteiger partial charge on any atom is -0.366 e. The first-order chi connectivity index (χ1) is 10.7. The highest BCUT2D eigenvalue weighted by Gasteiger charge is 2.18. The Hall–Kier alpha value is -2.10. The molecule has 1 saturated heterocycles. The molecule has 0 spiro atoms. The fraction of sp³-hybridized carbons (Fsp3) is 0.444. The van der Waals surface area contributed by atoms with Crippen molar-refractivity contribution in [2.24, 2.45) is 5.92 Å². The van der Waals surface area contributed by atoms with E-state index in [0.29, 0.717) is 0 Å². The molecule has 1 fully saturated rings. The van der Waals surface area contributed by atoms with Gasteiger partial charge < -0.3 is 10.2 Å². The molecule has 0 bridgehead atoms. The number of benzene rings is 1. The van der Waals surface area contributed by atoms with Crippen molar-refractivity contribution in [1.29, 1.82) is 0 Å².